The largest absolute Gasteiger partial charge is 0.457 e. The van der Waals surface area contributed by atoms with Crippen LogP contribution in [-0.4, -0.2) is 19.8 Å². The Bertz CT molecular complexity index is 1340. The van der Waals surface area contributed by atoms with Crippen molar-refractivity contribution in [2.24, 2.45) is 0 Å². The highest BCUT2D eigenvalue weighted by molar-refractivity contribution is 7.10. The van der Waals surface area contributed by atoms with Gasteiger partial charge in [-0.2, -0.15) is 0 Å². The third-order valence-corrected chi connectivity index (χ3v) is 7.47. The predicted octanol–water partition coefficient (Wildman–Crippen LogP) is 7.64. The Morgan fingerprint density at radius 1 is 0.757 bits per heavy atom. The number of thiazole rings is 2. The van der Waals surface area contributed by atoms with Gasteiger partial charge in [0.2, 0.25) is 0 Å². The molecule has 0 fully saturated rings. The number of benzene rings is 2. The Balaban J connectivity index is 1.70. The van der Waals surface area contributed by atoms with Gasteiger partial charge >= 0.3 is 0 Å². The number of nitrogens with zero attached hydrogens (tertiary/aromatic N) is 4. The van der Waals surface area contributed by atoms with Crippen molar-refractivity contribution in [1.82, 2.24) is 9.97 Å². The van der Waals surface area contributed by atoms with Crippen LogP contribution in [-0.2, 0) is 12.8 Å². The molecule has 0 bridgehead atoms. The van der Waals surface area contributed by atoms with Crippen LogP contribution in [0.1, 0.15) is 72.1 Å². The molecule has 4 rings (SSSR count). The second kappa shape index (κ2) is 11.1. The Labute approximate surface area is 222 Å². The van der Waals surface area contributed by atoms with Crippen LogP contribution >= 0.6 is 22.7 Å². The predicted molar refractivity (Wildman–Crippen MR) is 144 cm³/mol. The molecule has 0 aliphatic rings. The third-order valence-electron chi connectivity index (χ3n) is 5.74. The molecule has 9 nitrogen and oxygen atoms in total. The zero-order chi connectivity index (χ0) is 26.7. The molecule has 0 unspecified atom stereocenters. The molecule has 2 aromatic heterocycles. The molecule has 0 saturated carbocycles. The SMILES string of the molecule is CC(C)c1csc(Cc2cc([N+](=O)[O-])ccc2Oc2ccc([N+](=O)[O-])cc2Cc2nc(C(C)C)cs2)n1. The van der Waals surface area contributed by atoms with Gasteiger partial charge < -0.3 is 4.74 Å². The van der Waals surface area contributed by atoms with E-state index in [2.05, 4.69) is 37.7 Å². The molecule has 0 aliphatic heterocycles. The summed E-state index contributed by atoms with van der Waals surface area (Å²) in [6, 6.07) is 8.90. The highest BCUT2D eigenvalue weighted by Gasteiger charge is 2.19. The van der Waals surface area contributed by atoms with Crippen LogP contribution < -0.4 is 4.74 Å². The normalized spacial score (nSPS) is 11.3. The van der Waals surface area contributed by atoms with Gasteiger partial charge in [-0.25, -0.2) is 9.97 Å². The van der Waals surface area contributed by atoms with Crippen molar-refractivity contribution < 1.29 is 14.6 Å². The Morgan fingerprint density at radius 2 is 1.16 bits per heavy atom. The highest BCUT2D eigenvalue weighted by Crippen LogP contribution is 2.35. The first-order chi connectivity index (χ1) is 17.6. The average molecular weight is 539 g/mol. The van der Waals surface area contributed by atoms with Gasteiger partial charge in [0.05, 0.1) is 31.2 Å². The summed E-state index contributed by atoms with van der Waals surface area (Å²) in [6.45, 7) is 8.24. The first-order valence-electron chi connectivity index (χ1n) is 11.7. The zero-order valence-electron chi connectivity index (χ0n) is 20.8. The number of non-ortho nitro benzene ring substituents is 2. The Hall–Kier alpha value is -3.70. The number of hydrogen-bond donors (Lipinski definition) is 0. The summed E-state index contributed by atoms with van der Waals surface area (Å²) in [5.41, 5.74) is 3.07. The van der Waals surface area contributed by atoms with Gasteiger partial charge in [-0.3, -0.25) is 20.2 Å². The number of rotatable bonds is 10. The van der Waals surface area contributed by atoms with Gasteiger partial charge in [0.1, 0.15) is 11.5 Å². The minimum Gasteiger partial charge on any atom is -0.457 e. The smallest absolute Gasteiger partial charge is 0.269 e. The van der Waals surface area contributed by atoms with Crippen LogP contribution in [0.15, 0.2) is 47.2 Å². The lowest BCUT2D eigenvalue weighted by atomic mass is 10.1. The number of nitro benzene ring substituents is 2. The fraction of sp³-hybridized carbons (Fsp3) is 0.308. The lowest BCUT2D eigenvalue weighted by Gasteiger charge is -2.14. The van der Waals surface area contributed by atoms with Gasteiger partial charge in [0.25, 0.3) is 11.4 Å². The second-order valence-electron chi connectivity index (χ2n) is 9.20. The summed E-state index contributed by atoms with van der Waals surface area (Å²) >= 11 is 3.00. The molecular formula is C26H26N4O5S2. The molecule has 192 valence electrons. The van der Waals surface area contributed by atoms with Gasteiger partial charge in [-0.05, 0) is 24.0 Å². The molecule has 0 saturated heterocycles. The van der Waals surface area contributed by atoms with E-state index >= 15 is 0 Å². The van der Waals surface area contributed by atoms with Crippen LogP contribution in [0.25, 0.3) is 0 Å². The fourth-order valence-corrected chi connectivity index (χ4v) is 5.58. The fourth-order valence-electron chi connectivity index (χ4n) is 3.62. The average Bonchev–Trinajstić information content (AvgIpc) is 3.51. The van der Waals surface area contributed by atoms with Crippen LogP contribution in [0, 0.1) is 20.2 Å². The van der Waals surface area contributed by atoms with E-state index in [0.29, 0.717) is 35.5 Å². The van der Waals surface area contributed by atoms with Crippen LogP contribution in [0.4, 0.5) is 11.4 Å². The zero-order valence-corrected chi connectivity index (χ0v) is 22.5. The van der Waals surface area contributed by atoms with E-state index in [1.54, 1.807) is 12.1 Å². The van der Waals surface area contributed by atoms with Crippen molar-refractivity contribution >= 4 is 34.0 Å². The summed E-state index contributed by atoms with van der Waals surface area (Å²) in [5.74, 6) is 1.42. The van der Waals surface area contributed by atoms with Gasteiger partial charge in [-0.15, -0.1) is 22.7 Å². The van der Waals surface area contributed by atoms with Gasteiger partial charge in [-0.1, -0.05) is 27.7 Å². The van der Waals surface area contributed by atoms with Crippen molar-refractivity contribution in [2.75, 3.05) is 0 Å². The Morgan fingerprint density at radius 3 is 1.49 bits per heavy atom. The number of hydrogen-bond acceptors (Lipinski definition) is 9. The molecule has 0 spiro atoms. The van der Waals surface area contributed by atoms with Crippen LogP contribution in [0.5, 0.6) is 11.5 Å². The van der Waals surface area contributed by atoms with Crippen molar-refractivity contribution in [3.63, 3.8) is 0 Å². The third kappa shape index (κ3) is 6.36. The summed E-state index contributed by atoms with van der Waals surface area (Å²) in [7, 11) is 0. The number of nitro groups is 2. The van der Waals surface area contributed by atoms with Gasteiger partial charge in [0.15, 0.2) is 0 Å². The summed E-state index contributed by atoms with van der Waals surface area (Å²) in [6.07, 6.45) is 0.724. The molecule has 2 aromatic carbocycles. The van der Waals surface area contributed by atoms with Crippen LogP contribution in [0.3, 0.4) is 0 Å². The van der Waals surface area contributed by atoms with E-state index in [9.17, 15) is 20.2 Å². The first kappa shape index (κ1) is 26.4. The lowest BCUT2D eigenvalue weighted by molar-refractivity contribution is -0.385. The van der Waals surface area contributed by atoms with Crippen molar-refractivity contribution in [1.29, 1.82) is 0 Å². The minimum atomic E-state index is -0.444. The summed E-state index contributed by atoms with van der Waals surface area (Å²) in [4.78, 5) is 31.4. The van der Waals surface area contributed by atoms with Crippen molar-refractivity contribution in [3.05, 3.63) is 99.9 Å². The van der Waals surface area contributed by atoms with E-state index in [0.717, 1.165) is 21.4 Å². The van der Waals surface area contributed by atoms with Crippen molar-refractivity contribution in [2.45, 2.75) is 52.4 Å². The summed E-state index contributed by atoms with van der Waals surface area (Å²) < 4.78 is 6.27. The quantitative estimate of drug-likeness (QED) is 0.150. The molecule has 11 heteroatoms. The summed E-state index contributed by atoms with van der Waals surface area (Å²) in [5, 5.41) is 28.5. The van der Waals surface area contributed by atoms with E-state index in [-0.39, 0.29) is 23.2 Å². The maximum atomic E-state index is 11.5. The first-order valence-corrected chi connectivity index (χ1v) is 13.5. The number of ether oxygens (including phenoxy) is 1. The van der Waals surface area contributed by atoms with E-state index in [1.165, 1.54) is 46.9 Å². The topological polar surface area (TPSA) is 121 Å². The highest BCUT2D eigenvalue weighted by atomic mass is 32.1. The second-order valence-corrected chi connectivity index (χ2v) is 11.1. The maximum absolute atomic E-state index is 11.5. The number of aromatic nitrogens is 2. The van der Waals surface area contributed by atoms with Crippen molar-refractivity contribution in [3.8, 4) is 11.5 Å². The molecule has 37 heavy (non-hydrogen) atoms. The monoisotopic (exact) mass is 538 g/mol. The van der Waals surface area contributed by atoms with E-state index in [4.69, 9.17) is 4.74 Å². The van der Waals surface area contributed by atoms with E-state index < -0.39 is 9.85 Å². The molecule has 4 aromatic rings. The van der Waals surface area contributed by atoms with Crippen LogP contribution in [0.2, 0.25) is 0 Å². The molecule has 0 amide bonds. The van der Waals surface area contributed by atoms with E-state index in [1.807, 2.05) is 10.8 Å². The molecule has 0 radical (unpaired) electrons. The lowest BCUT2D eigenvalue weighted by Crippen LogP contribution is -2.00. The molecule has 0 N–H and O–H groups in total. The molecule has 0 atom stereocenters. The standard InChI is InChI=1S/C26H26N4O5S2/c1-15(2)21-13-36-25(27-21)11-17-9-19(29(31)32)5-7-23(17)35-24-8-6-20(30(33)34)10-18(24)12-26-28-22(14-37-26)16(3)4/h5-10,13-16H,11-12H2,1-4H3. The maximum Gasteiger partial charge on any atom is 0.269 e. The minimum absolute atomic E-state index is 0.0455. The Kier molecular flexibility index (Phi) is 7.94. The molecule has 0 aliphatic carbocycles. The molecule has 2 heterocycles. The molecular weight excluding hydrogens is 512 g/mol. The van der Waals surface area contributed by atoms with Gasteiger partial charge in [0, 0.05) is 59.0 Å².